The molecular formula is C13H13F2NO5. The van der Waals surface area contributed by atoms with Gasteiger partial charge in [0.15, 0.2) is 0 Å². The molecule has 1 fully saturated rings. The Kier molecular flexibility index (Phi) is 5.77. The second kappa shape index (κ2) is 7.32. The molecule has 0 saturated carbocycles. The van der Waals surface area contributed by atoms with E-state index in [1.807, 2.05) is 0 Å². The molecule has 1 heterocycles. The maximum absolute atomic E-state index is 13.0. The molecular weight excluding hydrogens is 288 g/mol. The number of hydrogen-bond donors (Lipinski definition) is 2. The highest BCUT2D eigenvalue weighted by molar-refractivity contribution is 6.01. The molecule has 114 valence electrons. The second-order valence-electron chi connectivity index (χ2n) is 4.13. The van der Waals surface area contributed by atoms with Crippen LogP contribution in [0.25, 0.3) is 0 Å². The fourth-order valence-corrected chi connectivity index (χ4v) is 1.62. The van der Waals surface area contributed by atoms with Gasteiger partial charge in [-0.15, -0.1) is 0 Å². The first-order valence-electron chi connectivity index (χ1n) is 5.97. The van der Waals surface area contributed by atoms with Gasteiger partial charge in [-0.05, 0) is 19.1 Å². The minimum Gasteiger partial charge on any atom is -0.450 e. The normalized spacial score (nSPS) is 14.8. The Labute approximate surface area is 118 Å². The van der Waals surface area contributed by atoms with Crippen LogP contribution in [0.5, 0.6) is 0 Å². The van der Waals surface area contributed by atoms with E-state index >= 15 is 0 Å². The molecule has 2 rings (SSSR count). The van der Waals surface area contributed by atoms with Gasteiger partial charge in [-0.25, -0.2) is 13.6 Å². The Morgan fingerprint density at radius 2 is 1.71 bits per heavy atom. The zero-order valence-electron chi connectivity index (χ0n) is 11.1. The number of hydrogen-bond acceptors (Lipinski definition) is 4. The van der Waals surface area contributed by atoms with Crippen LogP contribution in [0, 0.1) is 11.6 Å². The molecule has 8 heteroatoms. The number of nitrogens with one attached hydrogen (secondary N) is 1. The molecule has 0 aliphatic carbocycles. The van der Waals surface area contributed by atoms with Gasteiger partial charge in [0.25, 0.3) is 0 Å². The predicted octanol–water partition coefficient (Wildman–Crippen LogP) is 2.14. The van der Waals surface area contributed by atoms with E-state index in [1.54, 1.807) is 0 Å². The number of imide groups is 1. The van der Waals surface area contributed by atoms with Crippen molar-refractivity contribution < 1.29 is 33.0 Å². The van der Waals surface area contributed by atoms with Gasteiger partial charge < -0.3 is 9.84 Å². The lowest BCUT2D eigenvalue weighted by Gasteiger charge is -2.12. The zero-order chi connectivity index (χ0) is 16.0. The molecule has 1 aliphatic rings. The highest BCUT2D eigenvalue weighted by Crippen LogP contribution is 2.23. The number of ether oxygens (including phenoxy) is 1. The molecule has 1 unspecified atom stereocenters. The van der Waals surface area contributed by atoms with Crippen molar-refractivity contribution in [3.63, 3.8) is 0 Å². The van der Waals surface area contributed by atoms with Crippen LogP contribution >= 0.6 is 0 Å². The van der Waals surface area contributed by atoms with Crippen LogP contribution < -0.4 is 5.32 Å². The van der Waals surface area contributed by atoms with Crippen molar-refractivity contribution in [3.05, 3.63) is 35.4 Å². The monoisotopic (exact) mass is 301 g/mol. The molecule has 0 radical (unpaired) electrons. The van der Waals surface area contributed by atoms with Crippen LogP contribution in [-0.2, 0) is 14.3 Å². The second-order valence-corrected chi connectivity index (χ2v) is 4.13. The summed E-state index contributed by atoms with van der Waals surface area (Å²) < 4.78 is 30.3. The van der Waals surface area contributed by atoms with Crippen molar-refractivity contribution >= 4 is 18.0 Å². The molecule has 2 N–H and O–H groups in total. The third kappa shape index (κ3) is 5.17. The van der Waals surface area contributed by atoms with E-state index in [2.05, 4.69) is 10.1 Å². The summed E-state index contributed by atoms with van der Waals surface area (Å²) in [5.74, 6) is -1.94. The van der Waals surface area contributed by atoms with Gasteiger partial charge in [0.2, 0.25) is 11.8 Å². The molecule has 0 bridgehead atoms. The maximum Gasteiger partial charge on any atom is 0.506 e. The van der Waals surface area contributed by atoms with Gasteiger partial charge in [0.1, 0.15) is 17.7 Å². The van der Waals surface area contributed by atoms with E-state index in [1.165, 1.54) is 13.0 Å². The third-order valence-corrected chi connectivity index (χ3v) is 2.54. The van der Waals surface area contributed by atoms with Crippen molar-refractivity contribution in [2.24, 2.45) is 0 Å². The molecule has 1 atom stereocenters. The SMILES string of the molecule is CC(OC(=O)O)c1c(F)cccc1F.O=C1CCC(=O)N1. The molecule has 21 heavy (non-hydrogen) atoms. The summed E-state index contributed by atoms with van der Waals surface area (Å²) >= 11 is 0. The zero-order valence-corrected chi connectivity index (χ0v) is 11.1. The number of carbonyl (C=O) groups excluding carboxylic acids is 2. The van der Waals surface area contributed by atoms with Gasteiger partial charge in [0.05, 0.1) is 5.56 Å². The van der Waals surface area contributed by atoms with Gasteiger partial charge in [-0.2, -0.15) is 0 Å². The van der Waals surface area contributed by atoms with E-state index in [0.29, 0.717) is 12.8 Å². The van der Waals surface area contributed by atoms with E-state index in [0.717, 1.165) is 12.1 Å². The maximum atomic E-state index is 13.0. The van der Waals surface area contributed by atoms with E-state index in [-0.39, 0.29) is 17.4 Å². The van der Waals surface area contributed by atoms with Crippen LogP contribution in [0.2, 0.25) is 0 Å². The number of amides is 2. The summed E-state index contributed by atoms with van der Waals surface area (Å²) in [5, 5.41) is 10.4. The first-order chi connectivity index (χ1) is 9.81. The van der Waals surface area contributed by atoms with Crippen molar-refractivity contribution in [1.82, 2.24) is 5.32 Å². The van der Waals surface area contributed by atoms with E-state index in [9.17, 15) is 23.2 Å². The minimum absolute atomic E-state index is 0.148. The Balaban J connectivity index is 0.000000262. The number of benzene rings is 1. The Morgan fingerprint density at radius 3 is 2.05 bits per heavy atom. The standard InChI is InChI=1S/C9H8F2O3.C4H5NO2/c1-5(14-9(12)13)8-6(10)3-2-4-7(8)11;6-3-1-2-4(7)5-3/h2-5H,1H3,(H,12,13);1-2H2,(H,5,6,7). The average molecular weight is 301 g/mol. The number of carboxylic acid groups (broad SMARTS) is 1. The fraction of sp³-hybridized carbons (Fsp3) is 0.308. The van der Waals surface area contributed by atoms with Crippen LogP contribution in [-0.4, -0.2) is 23.1 Å². The van der Waals surface area contributed by atoms with Crippen LogP contribution in [0.4, 0.5) is 13.6 Å². The number of rotatable bonds is 2. The van der Waals surface area contributed by atoms with Gasteiger partial charge in [0, 0.05) is 12.8 Å². The minimum atomic E-state index is -1.57. The van der Waals surface area contributed by atoms with Gasteiger partial charge >= 0.3 is 6.16 Å². The Bertz CT molecular complexity index is 527. The largest absolute Gasteiger partial charge is 0.506 e. The molecule has 1 aromatic carbocycles. The molecule has 0 spiro atoms. The molecule has 0 aromatic heterocycles. The molecule has 2 amide bonds. The number of carbonyl (C=O) groups is 3. The fourth-order valence-electron chi connectivity index (χ4n) is 1.62. The molecule has 1 aromatic rings. The summed E-state index contributed by atoms with van der Waals surface area (Å²) in [6, 6.07) is 3.28. The van der Waals surface area contributed by atoms with Crippen LogP contribution in [0.3, 0.4) is 0 Å². The van der Waals surface area contributed by atoms with Crippen molar-refractivity contribution in [1.29, 1.82) is 0 Å². The van der Waals surface area contributed by atoms with E-state index < -0.39 is 23.9 Å². The molecule has 1 saturated heterocycles. The molecule has 1 aliphatic heterocycles. The third-order valence-electron chi connectivity index (χ3n) is 2.54. The highest BCUT2D eigenvalue weighted by Gasteiger charge is 2.19. The van der Waals surface area contributed by atoms with Crippen molar-refractivity contribution in [3.8, 4) is 0 Å². The quantitative estimate of drug-likeness (QED) is 0.645. The summed E-state index contributed by atoms with van der Waals surface area (Å²) in [7, 11) is 0. The Hall–Kier alpha value is -2.51. The predicted molar refractivity (Wildman–Crippen MR) is 66.3 cm³/mol. The lowest BCUT2D eigenvalue weighted by atomic mass is 10.1. The summed E-state index contributed by atoms with van der Waals surface area (Å²) in [4.78, 5) is 30.4. The van der Waals surface area contributed by atoms with E-state index in [4.69, 9.17) is 5.11 Å². The Morgan fingerprint density at radius 1 is 1.24 bits per heavy atom. The summed E-state index contributed by atoms with van der Waals surface area (Å²) in [6.45, 7) is 1.26. The lowest BCUT2D eigenvalue weighted by Crippen LogP contribution is -2.18. The first kappa shape index (κ1) is 16.5. The topological polar surface area (TPSA) is 92.7 Å². The van der Waals surface area contributed by atoms with Gasteiger partial charge in [-0.1, -0.05) is 6.07 Å². The van der Waals surface area contributed by atoms with Crippen LogP contribution in [0.1, 0.15) is 31.4 Å². The van der Waals surface area contributed by atoms with Crippen molar-refractivity contribution in [2.45, 2.75) is 25.9 Å². The van der Waals surface area contributed by atoms with Crippen molar-refractivity contribution in [2.75, 3.05) is 0 Å². The highest BCUT2D eigenvalue weighted by atomic mass is 19.1. The average Bonchev–Trinajstić information content (AvgIpc) is 2.72. The van der Waals surface area contributed by atoms with Crippen LogP contribution in [0.15, 0.2) is 18.2 Å². The molecule has 6 nitrogen and oxygen atoms in total. The number of halogens is 2. The lowest BCUT2D eigenvalue weighted by molar-refractivity contribution is -0.124. The summed E-state index contributed by atoms with van der Waals surface area (Å²) in [6.07, 6.45) is -1.98. The first-order valence-corrected chi connectivity index (χ1v) is 5.97. The van der Waals surface area contributed by atoms with Gasteiger partial charge in [-0.3, -0.25) is 14.9 Å². The summed E-state index contributed by atoms with van der Waals surface area (Å²) in [5.41, 5.74) is -0.380. The smallest absolute Gasteiger partial charge is 0.450 e.